The Bertz CT molecular complexity index is 1230. The zero-order valence-electron chi connectivity index (χ0n) is 22.0. The third-order valence-corrected chi connectivity index (χ3v) is 7.86. The van der Waals surface area contributed by atoms with Crippen LogP contribution in [0.4, 0.5) is 10.5 Å². The van der Waals surface area contributed by atoms with Crippen molar-refractivity contribution >= 4 is 27.6 Å². The van der Waals surface area contributed by atoms with E-state index in [2.05, 4.69) is 15.6 Å². The summed E-state index contributed by atoms with van der Waals surface area (Å²) in [4.78, 5) is 31.5. The number of urea groups is 1. The first kappa shape index (κ1) is 28.4. The van der Waals surface area contributed by atoms with Gasteiger partial charge in [0.15, 0.2) is 10.8 Å². The summed E-state index contributed by atoms with van der Waals surface area (Å²) in [6.45, 7) is 7.16. The van der Waals surface area contributed by atoms with Gasteiger partial charge in [0.2, 0.25) is 0 Å². The first-order valence-electron chi connectivity index (χ1n) is 12.1. The second-order valence-electron chi connectivity index (χ2n) is 9.72. The lowest BCUT2D eigenvalue weighted by Crippen LogP contribution is -2.50. The number of benzene rings is 1. The van der Waals surface area contributed by atoms with Gasteiger partial charge in [0.05, 0.1) is 36.8 Å². The maximum Gasteiger partial charge on any atom is 0.319 e. The smallest absolute Gasteiger partial charge is 0.319 e. The molecule has 13 heteroatoms. The summed E-state index contributed by atoms with van der Waals surface area (Å²) in [7, 11) is -0.781. The lowest BCUT2D eigenvalue weighted by Gasteiger charge is -2.38. The zero-order chi connectivity index (χ0) is 27.5. The van der Waals surface area contributed by atoms with Gasteiger partial charge in [-0.05, 0) is 32.9 Å². The van der Waals surface area contributed by atoms with Crippen LogP contribution in [0.1, 0.15) is 38.1 Å². The molecule has 1 aromatic heterocycles. The number of carbonyl (C=O) groups is 2. The summed E-state index contributed by atoms with van der Waals surface area (Å²) in [6.07, 6.45) is 2.13. The van der Waals surface area contributed by atoms with Crippen molar-refractivity contribution in [3.63, 3.8) is 0 Å². The summed E-state index contributed by atoms with van der Waals surface area (Å²) in [5.41, 5.74) is 0.477. The Kier molecular flexibility index (Phi) is 8.82. The maximum atomic E-state index is 13.5. The number of aryl methyl sites for hydroxylation is 1. The average Bonchev–Trinajstić information content (AvgIpc) is 3.27. The van der Waals surface area contributed by atoms with Crippen LogP contribution < -0.4 is 15.4 Å². The third kappa shape index (κ3) is 6.40. The van der Waals surface area contributed by atoms with Crippen molar-refractivity contribution < 1.29 is 27.9 Å². The monoisotopic (exact) mass is 536 g/mol. The lowest BCUT2D eigenvalue weighted by atomic mass is 9.99. The highest BCUT2D eigenvalue weighted by atomic mass is 32.2. The van der Waals surface area contributed by atoms with E-state index in [9.17, 15) is 23.1 Å². The zero-order valence-corrected chi connectivity index (χ0v) is 22.8. The number of nitrogens with one attached hydrogen (secondary N) is 2. The number of likely N-dealkylation sites (N-methyl/N-ethyl adjacent to an activating group) is 1. The molecule has 3 amide bonds. The molecule has 37 heavy (non-hydrogen) atoms. The Hall–Kier alpha value is -3.16. The topological polar surface area (TPSA) is 146 Å². The van der Waals surface area contributed by atoms with Crippen molar-refractivity contribution in [3.05, 3.63) is 36.3 Å². The first-order valence-corrected chi connectivity index (χ1v) is 13.5. The van der Waals surface area contributed by atoms with Gasteiger partial charge in [0, 0.05) is 38.8 Å². The van der Waals surface area contributed by atoms with Crippen LogP contribution in [0.5, 0.6) is 5.75 Å². The number of amides is 3. The van der Waals surface area contributed by atoms with Crippen molar-refractivity contribution in [2.45, 2.75) is 50.9 Å². The molecule has 204 valence electrons. The lowest BCUT2D eigenvalue weighted by molar-refractivity contribution is 0.0389. The molecule has 0 aliphatic carbocycles. The molecule has 1 aliphatic rings. The van der Waals surface area contributed by atoms with Crippen LogP contribution in [0.2, 0.25) is 0 Å². The minimum absolute atomic E-state index is 0.0401. The van der Waals surface area contributed by atoms with Crippen molar-refractivity contribution in [2.75, 3.05) is 32.1 Å². The second kappa shape index (κ2) is 11.5. The van der Waals surface area contributed by atoms with Crippen molar-refractivity contribution in [2.24, 2.45) is 13.0 Å². The Morgan fingerprint density at radius 1 is 1.32 bits per heavy atom. The van der Waals surface area contributed by atoms with Gasteiger partial charge in [-0.2, -0.15) is 4.31 Å². The van der Waals surface area contributed by atoms with E-state index >= 15 is 0 Å². The predicted octanol–water partition coefficient (Wildman–Crippen LogP) is 1.49. The fourth-order valence-corrected chi connectivity index (χ4v) is 5.16. The first-order chi connectivity index (χ1) is 17.3. The maximum absolute atomic E-state index is 13.5. The summed E-state index contributed by atoms with van der Waals surface area (Å²) in [5.74, 6) is -0.545. The van der Waals surface area contributed by atoms with Crippen LogP contribution in [0.3, 0.4) is 0 Å². The number of anilines is 1. The Morgan fingerprint density at radius 2 is 2.03 bits per heavy atom. The molecule has 12 nitrogen and oxygen atoms in total. The van der Waals surface area contributed by atoms with Crippen LogP contribution in [0, 0.1) is 5.92 Å². The van der Waals surface area contributed by atoms with Crippen LogP contribution in [-0.4, -0.2) is 89.2 Å². The SMILES string of the molecule is CC(C)NC(=O)Nc1cccc2c1O[C@@H](CN(C)S(=O)(=O)c1cn(C)cn1)[C@H](C)CN([C@H](C)CO)C2=O. The molecule has 0 bridgehead atoms. The molecular weight excluding hydrogens is 500 g/mol. The number of aromatic nitrogens is 2. The number of nitrogens with zero attached hydrogens (tertiary/aromatic N) is 4. The number of para-hydroxylation sites is 1. The highest BCUT2D eigenvalue weighted by molar-refractivity contribution is 7.89. The molecule has 2 heterocycles. The Labute approximate surface area is 217 Å². The average molecular weight is 537 g/mol. The van der Waals surface area contributed by atoms with Gasteiger partial charge in [-0.15, -0.1) is 0 Å². The molecule has 0 unspecified atom stereocenters. The molecule has 3 N–H and O–H groups in total. The van der Waals surface area contributed by atoms with Crippen molar-refractivity contribution in [1.29, 1.82) is 0 Å². The number of aliphatic hydroxyl groups is 1. The number of imidazole rings is 1. The number of hydrogen-bond donors (Lipinski definition) is 3. The van der Waals surface area contributed by atoms with Crippen LogP contribution in [-0.2, 0) is 17.1 Å². The van der Waals surface area contributed by atoms with Gasteiger partial charge in [0.25, 0.3) is 15.9 Å². The number of aliphatic hydroxyl groups excluding tert-OH is 1. The third-order valence-electron chi connectivity index (χ3n) is 6.15. The minimum Gasteiger partial charge on any atom is -0.486 e. The van der Waals surface area contributed by atoms with E-state index in [0.29, 0.717) is 0 Å². The summed E-state index contributed by atoms with van der Waals surface area (Å²) >= 11 is 0. The normalized spacial score (nSPS) is 19.2. The van der Waals surface area contributed by atoms with Gasteiger partial charge < -0.3 is 29.9 Å². The van der Waals surface area contributed by atoms with Crippen LogP contribution in [0.25, 0.3) is 0 Å². The Balaban J connectivity index is 2.02. The fraction of sp³-hybridized carbons (Fsp3) is 0.542. The van der Waals surface area contributed by atoms with Gasteiger partial charge in [-0.1, -0.05) is 13.0 Å². The number of hydrogen-bond acceptors (Lipinski definition) is 7. The molecule has 1 aromatic carbocycles. The largest absolute Gasteiger partial charge is 0.486 e. The van der Waals surface area contributed by atoms with Crippen LogP contribution >= 0.6 is 0 Å². The molecule has 2 aromatic rings. The molecule has 0 fully saturated rings. The highest BCUT2D eigenvalue weighted by Crippen LogP contribution is 2.35. The molecule has 3 rings (SSSR count). The predicted molar refractivity (Wildman–Crippen MR) is 138 cm³/mol. The van der Waals surface area contributed by atoms with E-state index in [0.717, 1.165) is 0 Å². The standard InChI is InChI=1S/C24H36N6O6S/c1-15(2)26-24(33)27-19-9-7-8-18-22(19)36-20(16(3)10-30(23(18)32)17(4)13-31)11-29(6)37(34,35)21-12-28(5)14-25-21/h7-9,12,14-17,20,31H,10-11,13H2,1-6H3,(H2,26,27,33)/t16-,17-,20+/m1/s1. The summed E-state index contributed by atoms with van der Waals surface area (Å²) in [5, 5.41) is 15.2. The fourth-order valence-electron chi connectivity index (χ4n) is 4.01. The van der Waals surface area contributed by atoms with Gasteiger partial charge >= 0.3 is 6.03 Å². The van der Waals surface area contributed by atoms with Gasteiger partial charge in [-0.3, -0.25) is 4.79 Å². The van der Waals surface area contributed by atoms with E-state index in [1.54, 1.807) is 41.6 Å². The molecule has 1 aliphatic heterocycles. The molecule has 0 saturated carbocycles. The van der Waals surface area contributed by atoms with Gasteiger partial charge in [0.1, 0.15) is 6.10 Å². The van der Waals surface area contributed by atoms with Crippen molar-refractivity contribution in [3.8, 4) is 5.75 Å². The quantitative estimate of drug-likeness (QED) is 0.463. The number of carbonyl (C=O) groups excluding carboxylic acids is 2. The molecular formula is C24H36N6O6S. The van der Waals surface area contributed by atoms with Gasteiger partial charge in [-0.25, -0.2) is 18.2 Å². The van der Waals surface area contributed by atoms with E-state index in [4.69, 9.17) is 4.74 Å². The number of rotatable bonds is 8. The summed E-state index contributed by atoms with van der Waals surface area (Å²) < 4.78 is 35.3. The number of sulfonamides is 1. The molecule has 0 spiro atoms. The summed E-state index contributed by atoms with van der Waals surface area (Å²) in [6, 6.07) is 3.75. The highest BCUT2D eigenvalue weighted by Gasteiger charge is 2.36. The molecule has 0 saturated heterocycles. The Morgan fingerprint density at radius 3 is 2.62 bits per heavy atom. The van der Waals surface area contributed by atoms with Crippen molar-refractivity contribution in [1.82, 2.24) is 24.1 Å². The van der Waals surface area contributed by atoms with E-state index in [1.807, 2.05) is 20.8 Å². The van der Waals surface area contributed by atoms with E-state index in [-0.39, 0.29) is 59.6 Å². The number of fused-ring (bicyclic) bond motifs is 1. The minimum atomic E-state index is -3.91. The molecule has 0 radical (unpaired) electrons. The van der Waals surface area contributed by atoms with E-state index in [1.165, 1.54) is 23.9 Å². The number of ether oxygens (including phenoxy) is 1. The second-order valence-corrected chi connectivity index (χ2v) is 11.7. The molecule has 3 atom stereocenters. The van der Waals surface area contributed by atoms with Crippen LogP contribution in [0.15, 0.2) is 35.7 Å². The van der Waals surface area contributed by atoms with E-state index < -0.39 is 28.2 Å².